The number of carbonyl (C=O) groups excluding carboxylic acids is 2. The Labute approximate surface area is 205 Å². The maximum absolute atomic E-state index is 13.0. The zero-order valence-electron chi connectivity index (χ0n) is 20.1. The van der Waals surface area contributed by atoms with Gasteiger partial charge in [0.25, 0.3) is 0 Å². The van der Waals surface area contributed by atoms with Crippen molar-refractivity contribution in [2.45, 2.75) is 18.2 Å². The molecule has 0 saturated carbocycles. The van der Waals surface area contributed by atoms with Gasteiger partial charge in [-0.15, -0.1) is 0 Å². The first-order valence-corrected chi connectivity index (χ1v) is 12.7. The molecule has 1 saturated heterocycles. The first-order valence-electron chi connectivity index (χ1n) is 11.3. The van der Waals surface area contributed by atoms with Crippen LogP contribution in [0.2, 0.25) is 0 Å². The Morgan fingerprint density at radius 1 is 0.971 bits per heavy atom. The number of nitrogens with zero attached hydrogens (tertiary/aromatic N) is 3. The molecule has 2 aliphatic rings. The monoisotopic (exact) mass is 499 g/mol. The molecule has 1 fully saturated rings. The second-order valence-electron chi connectivity index (χ2n) is 8.52. The van der Waals surface area contributed by atoms with Crippen LogP contribution < -0.4 is 9.47 Å². The summed E-state index contributed by atoms with van der Waals surface area (Å²) in [5.41, 5.74) is 2.59. The van der Waals surface area contributed by atoms with Crippen LogP contribution in [0.25, 0.3) is 6.08 Å². The van der Waals surface area contributed by atoms with E-state index >= 15 is 0 Å². The van der Waals surface area contributed by atoms with Crippen LogP contribution >= 0.6 is 0 Å². The largest absolute Gasteiger partial charge is 0.493 e. The normalized spacial score (nSPS) is 16.6. The zero-order chi connectivity index (χ0) is 25.2. The number of aryl methyl sites for hydroxylation is 1. The molecule has 186 valence electrons. The predicted octanol–water partition coefficient (Wildman–Crippen LogP) is 1.90. The third-order valence-electron chi connectivity index (χ3n) is 6.30. The van der Waals surface area contributed by atoms with Gasteiger partial charge in [-0.2, -0.15) is 4.31 Å². The fourth-order valence-corrected chi connectivity index (χ4v) is 5.61. The van der Waals surface area contributed by atoms with Gasteiger partial charge in [-0.25, -0.2) is 8.42 Å². The van der Waals surface area contributed by atoms with Crippen LogP contribution in [0.3, 0.4) is 0 Å². The SMILES string of the molecule is COc1cc2c(cc1OC)CC(=O)N(CC(=O)N1CCN(S(=O)(=O)c3ccc(C)cc3)CC1)C=C2. The van der Waals surface area contributed by atoms with Gasteiger partial charge < -0.3 is 19.3 Å². The third-order valence-corrected chi connectivity index (χ3v) is 8.21. The van der Waals surface area contributed by atoms with Gasteiger partial charge >= 0.3 is 0 Å². The van der Waals surface area contributed by atoms with Crippen molar-refractivity contribution < 1.29 is 27.5 Å². The Balaban J connectivity index is 1.39. The molecular weight excluding hydrogens is 470 g/mol. The van der Waals surface area contributed by atoms with E-state index in [9.17, 15) is 18.0 Å². The standard InChI is InChI=1S/C25H29N3O6S/c1-18-4-6-21(7-5-18)35(31,32)28-12-10-26(11-13-28)25(30)17-27-9-8-19-14-22(33-2)23(34-3)15-20(19)16-24(27)29/h4-9,14-15H,10-13,16-17H2,1-3H3. The van der Waals surface area contributed by atoms with E-state index in [1.165, 1.54) is 16.3 Å². The van der Waals surface area contributed by atoms with E-state index in [-0.39, 0.29) is 55.9 Å². The van der Waals surface area contributed by atoms with Crippen molar-refractivity contribution in [2.75, 3.05) is 46.9 Å². The lowest BCUT2D eigenvalue weighted by atomic mass is 10.0. The molecule has 0 aromatic heterocycles. The number of methoxy groups -OCH3 is 2. The minimum absolute atomic E-state index is 0.109. The van der Waals surface area contributed by atoms with Crippen molar-refractivity contribution in [3.8, 4) is 11.5 Å². The fraction of sp³-hybridized carbons (Fsp3) is 0.360. The summed E-state index contributed by atoms with van der Waals surface area (Å²) in [5.74, 6) is 0.666. The Kier molecular flexibility index (Phi) is 7.13. The van der Waals surface area contributed by atoms with Crippen LogP contribution in [-0.2, 0) is 26.0 Å². The molecule has 0 atom stereocenters. The second kappa shape index (κ2) is 10.1. The number of amides is 2. The molecule has 2 aromatic rings. The van der Waals surface area contributed by atoms with E-state index in [1.54, 1.807) is 60.7 Å². The molecule has 0 aliphatic carbocycles. The number of benzene rings is 2. The van der Waals surface area contributed by atoms with Gasteiger partial charge in [-0.3, -0.25) is 9.59 Å². The van der Waals surface area contributed by atoms with Crippen LogP contribution in [0.5, 0.6) is 11.5 Å². The van der Waals surface area contributed by atoms with Crippen LogP contribution in [0.1, 0.15) is 16.7 Å². The van der Waals surface area contributed by atoms with Crippen LogP contribution in [0, 0.1) is 6.92 Å². The molecule has 2 heterocycles. The molecule has 2 aliphatic heterocycles. The van der Waals surface area contributed by atoms with Gasteiger partial charge in [-0.1, -0.05) is 17.7 Å². The van der Waals surface area contributed by atoms with E-state index < -0.39 is 10.0 Å². The van der Waals surface area contributed by atoms with Gasteiger partial charge in [0.1, 0.15) is 6.54 Å². The number of hydrogen-bond donors (Lipinski definition) is 0. The molecule has 9 nitrogen and oxygen atoms in total. The number of ether oxygens (including phenoxy) is 2. The molecule has 0 spiro atoms. The summed E-state index contributed by atoms with van der Waals surface area (Å²) in [7, 11) is -0.526. The van der Waals surface area contributed by atoms with E-state index in [0.717, 1.165) is 16.7 Å². The summed E-state index contributed by atoms with van der Waals surface area (Å²) in [4.78, 5) is 29.1. The highest BCUT2D eigenvalue weighted by Crippen LogP contribution is 2.32. The minimum Gasteiger partial charge on any atom is -0.493 e. The van der Waals surface area contributed by atoms with Crippen molar-refractivity contribution in [1.29, 1.82) is 0 Å². The topological polar surface area (TPSA) is 96.5 Å². The number of rotatable bonds is 6. The highest BCUT2D eigenvalue weighted by molar-refractivity contribution is 7.89. The highest BCUT2D eigenvalue weighted by atomic mass is 32.2. The van der Waals surface area contributed by atoms with Crippen molar-refractivity contribution in [2.24, 2.45) is 0 Å². The Morgan fingerprint density at radius 3 is 2.23 bits per heavy atom. The molecular formula is C25H29N3O6S. The van der Waals surface area contributed by atoms with E-state index in [1.807, 2.05) is 6.92 Å². The summed E-state index contributed by atoms with van der Waals surface area (Å²) < 4.78 is 37.9. The summed E-state index contributed by atoms with van der Waals surface area (Å²) in [6.45, 7) is 2.74. The fourth-order valence-electron chi connectivity index (χ4n) is 4.19. The van der Waals surface area contributed by atoms with E-state index in [4.69, 9.17) is 9.47 Å². The Morgan fingerprint density at radius 2 is 1.60 bits per heavy atom. The summed E-state index contributed by atoms with van der Waals surface area (Å²) >= 11 is 0. The van der Waals surface area contributed by atoms with E-state index in [2.05, 4.69) is 0 Å². The molecule has 0 unspecified atom stereocenters. The summed E-state index contributed by atoms with van der Waals surface area (Å²) in [5, 5.41) is 0. The highest BCUT2D eigenvalue weighted by Gasteiger charge is 2.31. The average molecular weight is 500 g/mol. The lowest BCUT2D eigenvalue weighted by Crippen LogP contribution is -2.52. The molecule has 35 heavy (non-hydrogen) atoms. The maximum Gasteiger partial charge on any atom is 0.243 e. The third kappa shape index (κ3) is 5.18. The molecule has 0 N–H and O–H groups in total. The number of carbonyl (C=O) groups is 2. The maximum atomic E-state index is 13.0. The zero-order valence-corrected chi connectivity index (χ0v) is 20.9. The molecule has 2 amide bonds. The van der Waals surface area contributed by atoms with Crippen molar-refractivity contribution in [3.05, 3.63) is 59.3 Å². The molecule has 4 rings (SSSR count). The van der Waals surface area contributed by atoms with Gasteiger partial charge in [0, 0.05) is 32.4 Å². The lowest BCUT2D eigenvalue weighted by molar-refractivity contribution is -0.138. The molecule has 0 radical (unpaired) electrons. The number of fused-ring (bicyclic) bond motifs is 1. The summed E-state index contributed by atoms with van der Waals surface area (Å²) in [6.07, 6.45) is 3.51. The van der Waals surface area contributed by atoms with Crippen LogP contribution in [0.4, 0.5) is 0 Å². The summed E-state index contributed by atoms with van der Waals surface area (Å²) in [6, 6.07) is 10.3. The quantitative estimate of drug-likeness (QED) is 0.603. The second-order valence-corrected chi connectivity index (χ2v) is 10.5. The first-order chi connectivity index (χ1) is 16.7. The van der Waals surface area contributed by atoms with Gasteiger partial charge in [-0.05, 0) is 48.4 Å². The van der Waals surface area contributed by atoms with Crippen LogP contribution in [0.15, 0.2) is 47.5 Å². The van der Waals surface area contributed by atoms with Crippen molar-refractivity contribution >= 4 is 27.9 Å². The lowest BCUT2D eigenvalue weighted by Gasteiger charge is -2.34. The Hall–Kier alpha value is -3.37. The number of piperazine rings is 1. The predicted molar refractivity (Wildman–Crippen MR) is 131 cm³/mol. The number of sulfonamides is 1. The first kappa shape index (κ1) is 24.7. The molecule has 0 bridgehead atoms. The van der Waals surface area contributed by atoms with Gasteiger partial charge in [0.15, 0.2) is 11.5 Å². The van der Waals surface area contributed by atoms with Gasteiger partial charge in [0.2, 0.25) is 21.8 Å². The van der Waals surface area contributed by atoms with Crippen LogP contribution in [-0.4, -0.2) is 81.3 Å². The molecule has 10 heteroatoms. The van der Waals surface area contributed by atoms with E-state index in [0.29, 0.717) is 11.5 Å². The Bertz CT molecular complexity index is 1250. The number of hydrogen-bond acceptors (Lipinski definition) is 6. The van der Waals surface area contributed by atoms with Crippen molar-refractivity contribution in [3.63, 3.8) is 0 Å². The minimum atomic E-state index is -3.61. The van der Waals surface area contributed by atoms with Crippen molar-refractivity contribution in [1.82, 2.24) is 14.1 Å². The molecule has 2 aromatic carbocycles. The average Bonchev–Trinajstić information content (AvgIpc) is 3.01. The van der Waals surface area contributed by atoms with Gasteiger partial charge in [0.05, 0.1) is 25.5 Å². The smallest absolute Gasteiger partial charge is 0.243 e.